The first-order chi connectivity index (χ1) is 5.95. The summed E-state index contributed by atoms with van der Waals surface area (Å²) >= 11 is 0. The van der Waals surface area contributed by atoms with Crippen molar-refractivity contribution in [2.24, 2.45) is 5.73 Å². The molecule has 1 aromatic rings. The Kier molecular flexibility index (Phi) is 2.57. The second kappa shape index (κ2) is 3.34. The monoisotopic (exact) mass is 179 g/mol. The Morgan fingerprint density at radius 2 is 2.00 bits per heavy atom. The molecule has 0 saturated carbocycles. The van der Waals surface area contributed by atoms with Gasteiger partial charge in [-0.1, -0.05) is 20.8 Å². The standard InChI is InChI=1S/C10H17N3/c1-10(2,3)9-8(12)4-7(5-11)6-13-9/h4,6H,5,11-12H2,1-3H3. The molecule has 0 bridgehead atoms. The second-order valence-electron chi connectivity index (χ2n) is 4.24. The summed E-state index contributed by atoms with van der Waals surface area (Å²) in [5, 5.41) is 0. The average Bonchev–Trinajstić information content (AvgIpc) is 2.01. The summed E-state index contributed by atoms with van der Waals surface area (Å²) in [5.74, 6) is 0. The fraction of sp³-hybridized carbons (Fsp3) is 0.500. The Morgan fingerprint density at radius 3 is 2.38 bits per heavy atom. The summed E-state index contributed by atoms with van der Waals surface area (Å²) < 4.78 is 0. The Bertz CT molecular complexity index is 300. The van der Waals surface area contributed by atoms with Crippen LogP contribution in [0.4, 0.5) is 5.69 Å². The number of aromatic nitrogens is 1. The van der Waals surface area contributed by atoms with Gasteiger partial charge in [-0.15, -0.1) is 0 Å². The van der Waals surface area contributed by atoms with Gasteiger partial charge >= 0.3 is 0 Å². The van der Waals surface area contributed by atoms with Crippen molar-refractivity contribution in [2.75, 3.05) is 5.73 Å². The van der Waals surface area contributed by atoms with Crippen LogP contribution < -0.4 is 11.5 Å². The van der Waals surface area contributed by atoms with E-state index in [1.54, 1.807) is 6.20 Å². The molecule has 0 unspecified atom stereocenters. The van der Waals surface area contributed by atoms with E-state index in [0.717, 1.165) is 16.9 Å². The first-order valence-corrected chi connectivity index (χ1v) is 4.40. The molecule has 72 valence electrons. The molecule has 0 spiro atoms. The molecule has 1 rings (SSSR count). The van der Waals surface area contributed by atoms with E-state index in [-0.39, 0.29) is 5.41 Å². The minimum atomic E-state index is -0.00277. The van der Waals surface area contributed by atoms with Gasteiger partial charge in [-0.2, -0.15) is 0 Å². The highest BCUT2D eigenvalue weighted by molar-refractivity contribution is 5.47. The number of rotatable bonds is 1. The minimum Gasteiger partial charge on any atom is -0.397 e. The van der Waals surface area contributed by atoms with Crippen LogP contribution in [-0.2, 0) is 12.0 Å². The normalized spacial score (nSPS) is 11.7. The van der Waals surface area contributed by atoms with Crippen LogP contribution in [0.25, 0.3) is 0 Å². The van der Waals surface area contributed by atoms with Crippen molar-refractivity contribution in [3.63, 3.8) is 0 Å². The van der Waals surface area contributed by atoms with Gasteiger partial charge in [-0.05, 0) is 11.6 Å². The summed E-state index contributed by atoms with van der Waals surface area (Å²) in [6.07, 6.45) is 1.79. The predicted molar refractivity (Wildman–Crippen MR) is 55.2 cm³/mol. The molecule has 13 heavy (non-hydrogen) atoms. The molecule has 1 heterocycles. The third-order valence-electron chi connectivity index (χ3n) is 1.92. The van der Waals surface area contributed by atoms with E-state index in [9.17, 15) is 0 Å². The molecule has 0 amide bonds. The van der Waals surface area contributed by atoms with Crippen molar-refractivity contribution < 1.29 is 0 Å². The fourth-order valence-electron chi connectivity index (χ4n) is 1.27. The molecule has 0 aliphatic rings. The van der Waals surface area contributed by atoms with Gasteiger partial charge < -0.3 is 11.5 Å². The van der Waals surface area contributed by atoms with Crippen LogP contribution in [0.2, 0.25) is 0 Å². The number of anilines is 1. The first kappa shape index (κ1) is 9.99. The molecule has 0 atom stereocenters. The van der Waals surface area contributed by atoms with E-state index in [1.807, 2.05) is 6.07 Å². The molecule has 0 aliphatic carbocycles. The Balaban J connectivity index is 3.13. The maximum Gasteiger partial charge on any atom is 0.0686 e. The van der Waals surface area contributed by atoms with Crippen LogP contribution in [0.15, 0.2) is 12.3 Å². The zero-order chi connectivity index (χ0) is 10.1. The first-order valence-electron chi connectivity index (χ1n) is 4.40. The van der Waals surface area contributed by atoms with E-state index in [1.165, 1.54) is 0 Å². The molecule has 3 nitrogen and oxygen atoms in total. The maximum atomic E-state index is 5.87. The number of nitrogens with zero attached hydrogens (tertiary/aromatic N) is 1. The van der Waals surface area contributed by atoms with Gasteiger partial charge in [-0.25, -0.2) is 0 Å². The maximum absolute atomic E-state index is 5.87. The number of nitrogen functional groups attached to an aromatic ring is 1. The lowest BCUT2D eigenvalue weighted by atomic mass is 9.90. The van der Waals surface area contributed by atoms with Crippen molar-refractivity contribution in [1.82, 2.24) is 4.98 Å². The number of nitrogens with two attached hydrogens (primary N) is 2. The van der Waals surface area contributed by atoms with Crippen LogP contribution in [0.5, 0.6) is 0 Å². The summed E-state index contributed by atoms with van der Waals surface area (Å²) in [5.41, 5.74) is 14.0. The van der Waals surface area contributed by atoms with Crippen molar-refractivity contribution in [3.8, 4) is 0 Å². The number of hydrogen-bond donors (Lipinski definition) is 2. The van der Waals surface area contributed by atoms with E-state index in [0.29, 0.717) is 6.54 Å². The predicted octanol–water partition coefficient (Wildman–Crippen LogP) is 1.42. The van der Waals surface area contributed by atoms with Crippen LogP contribution in [0.1, 0.15) is 32.0 Å². The molecule has 1 aromatic heterocycles. The molecular formula is C10H17N3. The van der Waals surface area contributed by atoms with Crippen LogP contribution in [0.3, 0.4) is 0 Å². The SMILES string of the molecule is CC(C)(C)c1ncc(CN)cc1N. The van der Waals surface area contributed by atoms with Gasteiger partial charge in [0.25, 0.3) is 0 Å². The zero-order valence-electron chi connectivity index (χ0n) is 8.46. The third-order valence-corrected chi connectivity index (χ3v) is 1.92. The van der Waals surface area contributed by atoms with Crippen LogP contribution in [-0.4, -0.2) is 4.98 Å². The second-order valence-corrected chi connectivity index (χ2v) is 4.24. The molecule has 4 N–H and O–H groups in total. The summed E-state index contributed by atoms with van der Waals surface area (Å²) in [7, 11) is 0. The summed E-state index contributed by atoms with van der Waals surface area (Å²) in [6, 6.07) is 1.90. The van der Waals surface area contributed by atoms with Gasteiger partial charge in [0.1, 0.15) is 0 Å². The smallest absolute Gasteiger partial charge is 0.0686 e. The molecule has 3 heteroatoms. The largest absolute Gasteiger partial charge is 0.397 e. The Morgan fingerprint density at radius 1 is 1.38 bits per heavy atom. The van der Waals surface area contributed by atoms with Crippen molar-refractivity contribution in [1.29, 1.82) is 0 Å². The molecular weight excluding hydrogens is 162 g/mol. The third kappa shape index (κ3) is 2.18. The number of pyridine rings is 1. The van der Waals surface area contributed by atoms with Crippen molar-refractivity contribution in [3.05, 3.63) is 23.5 Å². The molecule has 0 radical (unpaired) electrons. The van der Waals surface area contributed by atoms with Gasteiger partial charge in [0.2, 0.25) is 0 Å². The molecule has 0 saturated heterocycles. The lowest BCUT2D eigenvalue weighted by Crippen LogP contribution is -2.16. The van der Waals surface area contributed by atoms with Gasteiger partial charge in [0.15, 0.2) is 0 Å². The Labute approximate surface area is 79.2 Å². The van der Waals surface area contributed by atoms with Gasteiger partial charge in [-0.3, -0.25) is 4.98 Å². The van der Waals surface area contributed by atoms with Gasteiger partial charge in [0.05, 0.1) is 11.4 Å². The topological polar surface area (TPSA) is 64.9 Å². The molecule has 0 aromatic carbocycles. The number of hydrogen-bond acceptors (Lipinski definition) is 3. The highest BCUT2D eigenvalue weighted by Gasteiger charge is 2.18. The average molecular weight is 179 g/mol. The van der Waals surface area contributed by atoms with E-state index in [2.05, 4.69) is 25.8 Å². The van der Waals surface area contributed by atoms with Gasteiger partial charge in [0, 0.05) is 18.2 Å². The lowest BCUT2D eigenvalue weighted by molar-refractivity contribution is 0.571. The molecule has 0 aliphatic heterocycles. The quantitative estimate of drug-likeness (QED) is 0.685. The highest BCUT2D eigenvalue weighted by atomic mass is 14.8. The van der Waals surface area contributed by atoms with E-state index < -0.39 is 0 Å². The van der Waals surface area contributed by atoms with Crippen molar-refractivity contribution >= 4 is 5.69 Å². The van der Waals surface area contributed by atoms with E-state index in [4.69, 9.17) is 11.5 Å². The van der Waals surface area contributed by atoms with Crippen molar-refractivity contribution in [2.45, 2.75) is 32.7 Å². The summed E-state index contributed by atoms with van der Waals surface area (Å²) in [6.45, 7) is 6.76. The summed E-state index contributed by atoms with van der Waals surface area (Å²) in [4.78, 5) is 4.32. The van der Waals surface area contributed by atoms with Crippen LogP contribution >= 0.6 is 0 Å². The highest BCUT2D eigenvalue weighted by Crippen LogP contribution is 2.25. The van der Waals surface area contributed by atoms with E-state index >= 15 is 0 Å². The zero-order valence-corrected chi connectivity index (χ0v) is 8.46. The van der Waals surface area contributed by atoms with Crippen LogP contribution in [0, 0.1) is 0 Å². The minimum absolute atomic E-state index is 0.00277. The fourth-order valence-corrected chi connectivity index (χ4v) is 1.27. The molecule has 0 fully saturated rings. The lowest BCUT2D eigenvalue weighted by Gasteiger charge is -2.19. The Hall–Kier alpha value is -1.09.